The number of amides is 1. The lowest BCUT2D eigenvalue weighted by Crippen LogP contribution is -2.53. The summed E-state index contributed by atoms with van der Waals surface area (Å²) < 4.78 is 23.0. The van der Waals surface area contributed by atoms with Crippen LogP contribution in [0.2, 0.25) is 10.0 Å². The van der Waals surface area contributed by atoms with E-state index in [0.29, 0.717) is 48.6 Å². The fourth-order valence-corrected chi connectivity index (χ4v) is 7.89. The first kappa shape index (κ1) is 34.9. The second kappa shape index (κ2) is 15.6. The number of nitrogens with one attached hydrogen (secondary N) is 1. The van der Waals surface area contributed by atoms with Crippen molar-refractivity contribution in [1.82, 2.24) is 9.88 Å². The number of aromatic nitrogens is 2. The van der Waals surface area contributed by atoms with Gasteiger partial charge in [-0.2, -0.15) is 0 Å². The Hall–Kier alpha value is -3.46. The number of rotatable bonds is 11. The number of thiophene rings is 1. The number of piperidine rings is 3. The minimum Gasteiger partial charge on any atom is -0.870 e. The summed E-state index contributed by atoms with van der Waals surface area (Å²) in [6.45, 7) is 3.08. The maximum Gasteiger partial charge on any atom is 0.416 e. The van der Waals surface area contributed by atoms with E-state index in [-0.39, 0.29) is 24.5 Å². The van der Waals surface area contributed by atoms with E-state index in [9.17, 15) is 9.59 Å². The van der Waals surface area contributed by atoms with Crippen LogP contribution in [-0.2, 0) is 22.4 Å². The number of methoxy groups -OCH3 is 2. The van der Waals surface area contributed by atoms with Gasteiger partial charge in [0.05, 0.1) is 20.8 Å². The van der Waals surface area contributed by atoms with E-state index < -0.39 is 18.2 Å². The van der Waals surface area contributed by atoms with Gasteiger partial charge in [0.2, 0.25) is 0 Å². The van der Waals surface area contributed by atoms with E-state index >= 15 is 0 Å². The van der Waals surface area contributed by atoms with Gasteiger partial charge >= 0.3 is 12.1 Å². The Balaban J connectivity index is 0.00000433. The van der Waals surface area contributed by atoms with Crippen LogP contribution in [0, 0.1) is 5.92 Å². The summed E-state index contributed by atoms with van der Waals surface area (Å²) >= 11 is 15.6. The number of carbonyl (C=O) groups is 2. The third-order valence-corrected chi connectivity index (χ3v) is 10.8. The molecule has 3 aliphatic heterocycles. The quantitative estimate of drug-likeness (QED) is 0.158. The van der Waals surface area contributed by atoms with Crippen LogP contribution in [0.25, 0.3) is 0 Å². The summed E-state index contributed by atoms with van der Waals surface area (Å²) in [7, 11) is 3.09. The zero-order valence-electron chi connectivity index (χ0n) is 25.7. The number of hydrogen-bond acceptors (Lipinski definition) is 11. The van der Waals surface area contributed by atoms with Gasteiger partial charge in [-0.15, -0.1) is 22.7 Å². The maximum absolute atomic E-state index is 13.6. The van der Waals surface area contributed by atoms with Crippen molar-refractivity contribution in [1.29, 1.82) is 0 Å². The van der Waals surface area contributed by atoms with Gasteiger partial charge in [0.25, 0.3) is 0 Å². The summed E-state index contributed by atoms with van der Waals surface area (Å²) in [6.07, 6.45) is 5.87. The molecule has 3 saturated heterocycles. The molecule has 15 heteroatoms. The Morgan fingerprint density at radius 3 is 2.47 bits per heavy atom. The van der Waals surface area contributed by atoms with Gasteiger partial charge in [-0.25, -0.2) is 24.5 Å². The highest BCUT2D eigenvalue weighted by Gasteiger charge is 2.38. The Bertz CT molecular complexity index is 1660. The van der Waals surface area contributed by atoms with Gasteiger partial charge in [0.15, 0.2) is 29.0 Å². The van der Waals surface area contributed by atoms with Crippen molar-refractivity contribution in [3.8, 4) is 11.5 Å². The largest absolute Gasteiger partial charge is 0.870 e. The molecule has 2 atom stereocenters. The van der Waals surface area contributed by atoms with Crippen molar-refractivity contribution in [2.75, 3.05) is 38.8 Å². The van der Waals surface area contributed by atoms with Crippen molar-refractivity contribution in [3.63, 3.8) is 0 Å². The molecule has 0 spiro atoms. The van der Waals surface area contributed by atoms with Crippen LogP contribution in [0.15, 0.2) is 54.3 Å². The van der Waals surface area contributed by atoms with E-state index in [1.54, 1.807) is 51.0 Å². The van der Waals surface area contributed by atoms with Crippen molar-refractivity contribution >= 4 is 63.1 Å². The number of esters is 1. The smallest absolute Gasteiger partial charge is 0.416 e. The Morgan fingerprint density at radius 1 is 1.09 bits per heavy atom. The minimum absolute atomic E-state index is 0. The molecule has 7 rings (SSSR count). The summed E-state index contributed by atoms with van der Waals surface area (Å²) in [5.74, 6) is 0.890. The zero-order chi connectivity index (χ0) is 32.2. The van der Waals surface area contributed by atoms with Crippen molar-refractivity contribution in [2.24, 2.45) is 5.92 Å². The molecule has 1 amide bonds. The standard InChI is InChI=1S/C32H32Cl2N4O6S2.H2O/c1-41-25-5-3-20(13-27(25)42-2)26(14-22-23(33)15-35-16-24(22)34)43-30(39)29-6-4-21(46-29)17-38(31-36-9-12-45-31)32(40)44-28-18-37-10-7-19(28)8-11-37;/h3-6,9,12-13,15-16,19,26,28H,7-8,10-11,14,17-18H2,1-2H3;1H2/t26-,28-;/m0./s1. The van der Waals surface area contributed by atoms with Gasteiger partial charge in [0, 0.05) is 35.0 Å². The molecule has 3 aliphatic rings. The monoisotopic (exact) mass is 720 g/mol. The molecule has 6 heterocycles. The molecular weight excluding hydrogens is 687 g/mol. The second-order valence-electron chi connectivity index (χ2n) is 11.1. The molecule has 250 valence electrons. The molecule has 47 heavy (non-hydrogen) atoms. The van der Waals surface area contributed by atoms with Gasteiger partial charge in [-0.3, -0.25) is 4.90 Å². The molecule has 0 unspecified atom stereocenters. The number of pyridine rings is 1. The highest BCUT2D eigenvalue weighted by molar-refractivity contribution is 7.14. The lowest BCUT2D eigenvalue weighted by Gasteiger charge is -2.44. The van der Waals surface area contributed by atoms with Gasteiger partial charge in [-0.05, 0) is 61.7 Å². The van der Waals surface area contributed by atoms with E-state index in [0.717, 1.165) is 37.4 Å². The Kier molecular flexibility index (Phi) is 11.6. The fraction of sp³-hybridized carbons (Fsp3) is 0.375. The van der Waals surface area contributed by atoms with Crippen LogP contribution in [0.4, 0.5) is 9.93 Å². The predicted molar refractivity (Wildman–Crippen MR) is 178 cm³/mol. The number of anilines is 1. The first-order valence-electron chi connectivity index (χ1n) is 14.8. The average Bonchev–Trinajstić information content (AvgIpc) is 3.78. The number of H-pyrrole nitrogens is 1. The number of nitrogens with zero attached hydrogens (tertiary/aromatic N) is 3. The molecule has 0 saturated carbocycles. The van der Waals surface area contributed by atoms with Crippen LogP contribution in [-0.4, -0.2) is 67.4 Å². The summed E-state index contributed by atoms with van der Waals surface area (Å²) in [5, 5.41) is 3.18. The molecule has 2 bridgehead atoms. The number of aromatic amines is 1. The normalized spacial score (nSPS) is 18.9. The SMILES string of the molecule is COc1ccc([C@H](Cc2c(Cl)c[nH+]cc2Cl)OC(=O)c2ccc(CN(C(=O)O[C@H]3CN4CCC3CC4)c3nccs3)s2)cc1OC.[OH-]. The number of hydrogen-bond donors (Lipinski definition) is 0. The number of carbonyl (C=O) groups excluding carboxylic acids is 2. The lowest BCUT2D eigenvalue weighted by molar-refractivity contribution is -0.377. The molecular formula is C32H34Cl2N4O7S2. The van der Waals surface area contributed by atoms with Gasteiger partial charge in [-0.1, -0.05) is 29.3 Å². The molecule has 1 aromatic carbocycles. The van der Waals surface area contributed by atoms with Crippen molar-refractivity contribution in [3.05, 3.63) is 85.2 Å². The van der Waals surface area contributed by atoms with E-state index in [2.05, 4.69) is 14.9 Å². The summed E-state index contributed by atoms with van der Waals surface area (Å²) in [6, 6.07) is 8.84. The number of ether oxygens (including phenoxy) is 4. The Labute approximate surface area is 290 Å². The zero-order valence-corrected chi connectivity index (χ0v) is 28.8. The fourth-order valence-electron chi connectivity index (χ4n) is 5.85. The molecule has 2 N–H and O–H groups in total. The Morgan fingerprint density at radius 2 is 1.83 bits per heavy atom. The number of thiazole rings is 1. The van der Waals surface area contributed by atoms with Crippen LogP contribution in [0.5, 0.6) is 11.5 Å². The van der Waals surface area contributed by atoms with Crippen LogP contribution < -0.4 is 19.4 Å². The van der Waals surface area contributed by atoms with Crippen molar-refractivity contribution < 1.29 is 39.0 Å². The van der Waals surface area contributed by atoms with Gasteiger partial charge < -0.3 is 24.4 Å². The minimum atomic E-state index is -0.751. The summed E-state index contributed by atoms with van der Waals surface area (Å²) in [5.41, 5.74) is 1.30. The van der Waals surface area contributed by atoms with Gasteiger partial charge in [0.1, 0.15) is 27.1 Å². The third kappa shape index (κ3) is 7.99. The topological polar surface area (TPSA) is 135 Å². The highest BCUT2D eigenvalue weighted by Crippen LogP contribution is 2.36. The molecule has 3 aromatic heterocycles. The number of benzene rings is 1. The number of fused-ring (bicyclic) bond motifs is 3. The maximum atomic E-state index is 13.6. The van der Waals surface area contributed by atoms with E-state index in [4.69, 9.17) is 42.1 Å². The molecule has 0 radical (unpaired) electrons. The lowest BCUT2D eigenvalue weighted by atomic mass is 9.86. The second-order valence-corrected chi connectivity index (χ2v) is 13.9. The van der Waals surface area contributed by atoms with E-state index in [1.165, 1.54) is 27.6 Å². The van der Waals surface area contributed by atoms with E-state index in [1.807, 2.05) is 17.5 Å². The average molecular weight is 722 g/mol. The van der Waals surface area contributed by atoms with Crippen molar-refractivity contribution in [2.45, 2.75) is 38.0 Å². The first-order chi connectivity index (χ1) is 22.3. The number of halogens is 2. The van der Waals surface area contributed by atoms with Crippen LogP contribution >= 0.6 is 45.9 Å². The third-order valence-electron chi connectivity index (χ3n) is 8.31. The molecule has 11 nitrogen and oxygen atoms in total. The first-order valence-corrected chi connectivity index (χ1v) is 17.2. The molecule has 4 aromatic rings. The summed E-state index contributed by atoms with van der Waals surface area (Å²) in [4.78, 5) is 39.4. The molecule has 3 fully saturated rings. The van der Waals surface area contributed by atoms with Crippen LogP contribution in [0.3, 0.4) is 0 Å². The molecule has 0 aliphatic carbocycles. The predicted octanol–water partition coefficient (Wildman–Crippen LogP) is 6.54. The highest BCUT2D eigenvalue weighted by atomic mass is 35.5. The van der Waals surface area contributed by atoms with Crippen LogP contribution in [0.1, 0.15) is 44.6 Å².